The lowest BCUT2D eigenvalue weighted by Gasteiger charge is -2.55. The normalized spacial score (nSPS) is 59.6. The van der Waals surface area contributed by atoms with Crippen molar-refractivity contribution in [2.45, 2.75) is 57.8 Å². The number of carbonyl (C=O) groups excluding carboxylic acids is 1. The molecule has 0 radical (unpaired) electrons. The molecule has 0 saturated heterocycles. The van der Waals surface area contributed by atoms with Crippen LogP contribution >= 0.6 is 0 Å². The number of carbonyl (C=O) groups is 1. The van der Waals surface area contributed by atoms with E-state index in [1.807, 2.05) is 0 Å². The molecular formula is C20H29NO. The van der Waals surface area contributed by atoms with E-state index >= 15 is 0 Å². The monoisotopic (exact) mass is 299 g/mol. The first-order valence-corrected chi connectivity index (χ1v) is 9.98. The van der Waals surface area contributed by atoms with Crippen molar-refractivity contribution in [1.82, 2.24) is 5.32 Å². The van der Waals surface area contributed by atoms with Gasteiger partial charge < -0.3 is 5.32 Å². The fraction of sp³-hybridized carbons (Fsp3) is 0.950. The summed E-state index contributed by atoms with van der Waals surface area (Å²) in [7, 11) is 0. The van der Waals surface area contributed by atoms with Crippen LogP contribution in [0.2, 0.25) is 0 Å². The number of hydrogen-bond donors (Lipinski definition) is 1. The van der Waals surface area contributed by atoms with Crippen LogP contribution in [0.3, 0.4) is 0 Å². The van der Waals surface area contributed by atoms with Gasteiger partial charge in [0.25, 0.3) is 0 Å². The topological polar surface area (TPSA) is 29.1 Å². The zero-order chi connectivity index (χ0) is 14.5. The summed E-state index contributed by atoms with van der Waals surface area (Å²) in [4.78, 5) is 13.0. The molecule has 1 N–H and O–H groups in total. The largest absolute Gasteiger partial charge is 0.355 e. The SMILES string of the molecule is O=C(NC[C@@H]1C[C@H]2C[C@H]1[C@@H]1C[C@@H]21)C12CC3CC(CC(C3)C1)C2. The van der Waals surface area contributed by atoms with Gasteiger partial charge in [-0.2, -0.15) is 0 Å². The summed E-state index contributed by atoms with van der Waals surface area (Å²) in [5.41, 5.74) is 0.0640. The molecule has 0 aromatic heterocycles. The van der Waals surface area contributed by atoms with Gasteiger partial charge in [0.05, 0.1) is 0 Å². The van der Waals surface area contributed by atoms with E-state index in [2.05, 4.69) is 5.32 Å². The van der Waals surface area contributed by atoms with Crippen LogP contribution in [-0.4, -0.2) is 12.5 Å². The maximum absolute atomic E-state index is 13.0. The molecule has 7 aliphatic rings. The fourth-order valence-electron chi connectivity index (χ4n) is 8.38. The van der Waals surface area contributed by atoms with Crippen LogP contribution in [0.4, 0.5) is 0 Å². The smallest absolute Gasteiger partial charge is 0.226 e. The van der Waals surface area contributed by atoms with E-state index in [4.69, 9.17) is 0 Å². The van der Waals surface area contributed by atoms with Gasteiger partial charge in [-0.15, -0.1) is 0 Å². The summed E-state index contributed by atoms with van der Waals surface area (Å²) in [5, 5.41) is 3.47. The van der Waals surface area contributed by atoms with Gasteiger partial charge >= 0.3 is 0 Å². The summed E-state index contributed by atoms with van der Waals surface area (Å²) in [5.74, 6) is 8.13. The highest BCUT2D eigenvalue weighted by Gasteiger charge is 2.61. The van der Waals surface area contributed by atoms with Crippen LogP contribution in [-0.2, 0) is 4.79 Å². The summed E-state index contributed by atoms with van der Waals surface area (Å²) in [6, 6.07) is 0. The molecule has 0 unspecified atom stereocenters. The molecule has 22 heavy (non-hydrogen) atoms. The molecule has 7 rings (SSSR count). The summed E-state index contributed by atoms with van der Waals surface area (Å²) >= 11 is 0. The molecule has 5 atom stereocenters. The van der Waals surface area contributed by atoms with Gasteiger partial charge in [0.15, 0.2) is 0 Å². The van der Waals surface area contributed by atoms with E-state index in [1.165, 1.54) is 57.8 Å². The number of fused-ring (bicyclic) bond motifs is 5. The third-order valence-corrected chi connectivity index (χ3v) is 8.88. The van der Waals surface area contributed by atoms with E-state index in [0.717, 1.165) is 53.9 Å². The van der Waals surface area contributed by atoms with Crippen molar-refractivity contribution < 1.29 is 4.79 Å². The summed E-state index contributed by atoms with van der Waals surface area (Å²) < 4.78 is 0. The Morgan fingerprint density at radius 1 is 0.818 bits per heavy atom. The number of nitrogens with one attached hydrogen (secondary N) is 1. The van der Waals surface area contributed by atoms with Crippen LogP contribution in [0.15, 0.2) is 0 Å². The number of amides is 1. The van der Waals surface area contributed by atoms with E-state index in [0.29, 0.717) is 5.91 Å². The van der Waals surface area contributed by atoms with Gasteiger partial charge in [-0.3, -0.25) is 4.79 Å². The first kappa shape index (κ1) is 12.8. The van der Waals surface area contributed by atoms with Gasteiger partial charge in [0.1, 0.15) is 0 Å². The molecule has 1 amide bonds. The predicted octanol–water partition coefficient (Wildman–Crippen LogP) is 3.61. The predicted molar refractivity (Wildman–Crippen MR) is 84.9 cm³/mol. The zero-order valence-electron chi connectivity index (χ0n) is 13.6. The molecular weight excluding hydrogens is 270 g/mol. The van der Waals surface area contributed by atoms with Crippen molar-refractivity contribution in [2.75, 3.05) is 6.54 Å². The van der Waals surface area contributed by atoms with Gasteiger partial charge in [-0.05, 0) is 105 Å². The Labute approximate surface area is 133 Å². The first-order valence-electron chi connectivity index (χ1n) is 9.98. The zero-order valence-corrected chi connectivity index (χ0v) is 13.6. The molecule has 0 aromatic carbocycles. The van der Waals surface area contributed by atoms with Crippen molar-refractivity contribution in [3.8, 4) is 0 Å². The molecule has 0 aliphatic heterocycles. The van der Waals surface area contributed by atoms with Gasteiger partial charge in [0, 0.05) is 12.0 Å². The van der Waals surface area contributed by atoms with Crippen LogP contribution in [0, 0.1) is 52.8 Å². The van der Waals surface area contributed by atoms with E-state index in [1.54, 1.807) is 0 Å². The van der Waals surface area contributed by atoms with E-state index in [-0.39, 0.29) is 5.41 Å². The van der Waals surface area contributed by atoms with E-state index in [9.17, 15) is 4.79 Å². The number of hydrogen-bond acceptors (Lipinski definition) is 1. The highest BCUT2D eigenvalue weighted by molar-refractivity contribution is 5.83. The quantitative estimate of drug-likeness (QED) is 0.847. The molecule has 7 fully saturated rings. The summed E-state index contributed by atoms with van der Waals surface area (Å²) in [6.45, 7) is 1.00. The second kappa shape index (κ2) is 4.11. The van der Waals surface area contributed by atoms with Crippen molar-refractivity contribution in [3.05, 3.63) is 0 Å². The maximum Gasteiger partial charge on any atom is 0.226 e. The molecule has 0 heterocycles. The highest BCUT2D eigenvalue weighted by atomic mass is 16.2. The Balaban J connectivity index is 1.14. The standard InChI is InChI=1S/C20H29NO/c22-19(20-7-11-1-12(8-20)3-13(2-11)9-20)21-10-15-4-14-5-16(15)18-6-17(14)18/h11-18H,1-10H2,(H,21,22)/t11?,12?,13?,14-,15-,16+,17-,18-,20?/m0/s1. The lowest BCUT2D eigenvalue weighted by atomic mass is 9.49. The molecule has 6 bridgehead atoms. The van der Waals surface area contributed by atoms with Gasteiger partial charge in [-0.25, -0.2) is 0 Å². The molecule has 7 aliphatic carbocycles. The summed E-state index contributed by atoms with van der Waals surface area (Å²) in [6.07, 6.45) is 12.4. The van der Waals surface area contributed by atoms with E-state index < -0.39 is 0 Å². The Morgan fingerprint density at radius 3 is 2.09 bits per heavy atom. The lowest BCUT2D eigenvalue weighted by Crippen LogP contribution is -2.54. The van der Waals surface area contributed by atoms with Crippen LogP contribution < -0.4 is 5.32 Å². The highest BCUT2D eigenvalue weighted by Crippen LogP contribution is 2.67. The molecule has 2 nitrogen and oxygen atoms in total. The minimum atomic E-state index is 0.0640. The fourth-order valence-corrected chi connectivity index (χ4v) is 8.38. The molecule has 0 aromatic rings. The van der Waals surface area contributed by atoms with Crippen LogP contribution in [0.5, 0.6) is 0 Å². The van der Waals surface area contributed by atoms with Gasteiger partial charge in [-0.1, -0.05) is 0 Å². The molecule has 2 heteroatoms. The average Bonchev–Trinajstić information content (AvgIpc) is 3.09. The molecule has 0 spiro atoms. The minimum Gasteiger partial charge on any atom is -0.355 e. The van der Waals surface area contributed by atoms with Crippen molar-refractivity contribution in [3.63, 3.8) is 0 Å². The third-order valence-electron chi connectivity index (χ3n) is 8.88. The first-order chi connectivity index (χ1) is 10.7. The Morgan fingerprint density at radius 2 is 1.50 bits per heavy atom. The Bertz CT molecular complexity index is 491. The van der Waals surface area contributed by atoms with Crippen molar-refractivity contribution >= 4 is 5.91 Å². The third kappa shape index (κ3) is 1.65. The maximum atomic E-state index is 13.0. The van der Waals surface area contributed by atoms with Crippen LogP contribution in [0.1, 0.15) is 57.8 Å². The van der Waals surface area contributed by atoms with Crippen molar-refractivity contribution in [1.29, 1.82) is 0 Å². The lowest BCUT2D eigenvalue weighted by molar-refractivity contribution is -0.146. The number of rotatable bonds is 3. The average molecular weight is 299 g/mol. The minimum absolute atomic E-state index is 0.0640. The van der Waals surface area contributed by atoms with Crippen LogP contribution in [0.25, 0.3) is 0 Å². The van der Waals surface area contributed by atoms with Gasteiger partial charge in [0.2, 0.25) is 5.91 Å². The Hall–Kier alpha value is -0.530. The van der Waals surface area contributed by atoms with Crippen molar-refractivity contribution in [2.24, 2.45) is 52.8 Å². The second-order valence-corrected chi connectivity index (χ2v) is 10.1. The second-order valence-electron chi connectivity index (χ2n) is 10.1. The molecule has 120 valence electrons. The molecule has 7 saturated carbocycles. The Kier molecular flexibility index (Phi) is 2.40.